The van der Waals surface area contributed by atoms with Crippen molar-refractivity contribution in [2.45, 2.75) is 105 Å². The van der Waals surface area contributed by atoms with Crippen molar-refractivity contribution < 1.29 is 9.36 Å². The molecule has 2 aromatic heterocycles. The van der Waals surface area contributed by atoms with Gasteiger partial charge < -0.3 is 0 Å². The highest BCUT2D eigenvalue weighted by atomic mass is 15.5. The molecular formula is C26H38N4+2. The van der Waals surface area contributed by atoms with Crippen molar-refractivity contribution in [3.05, 3.63) is 46.1 Å². The molecule has 3 aliphatic rings. The Morgan fingerprint density at radius 1 is 0.800 bits per heavy atom. The van der Waals surface area contributed by atoms with Crippen LogP contribution in [0.3, 0.4) is 0 Å². The molecule has 4 heteroatoms. The highest BCUT2D eigenvalue weighted by Gasteiger charge is 2.36. The van der Waals surface area contributed by atoms with Crippen molar-refractivity contribution in [2.24, 2.45) is 0 Å². The Morgan fingerprint density at radius 2 is 1.40 bits per heavy atom. The van der Waals surface area contributed by atoms with Crippen LogP contribution in [0.2, 0.25) is 0 Å². The average Bonchev–Trinajstić information content (AvgIpc) is 3.22. The smallest absolute Gasteiger partial charge is 0.155 e. The maximum absolute atomic E-state index is 2.62. The maximum Gasteiger partial charge on any atom is 0.232 e. The Bertz CT molecular complexity index is 1070. The van der Waals surface area contributed by atoms with E-state index in [9.17, 15) is 0 Å². The van der Waals surface area contributed by atoms with Crippen molar-refractivity contribution in [3.63, 3.8) is 0 Å². The summed E-state index contributed by atoms with van der Waals surface area (Å²) in [6.07, 6.45) is 9.92. The standard InChI is InChI=1S/C26H38N4/c1-17(2)21-9-8-20(6)25-24(21)16-28-12-11-27-15-23-19(5)7-10-22(18(3)4)26(23)30(27)14-13-29(25)28/h15-16,19-20H,7-14H2,1-6H3/q+2/t19-,20-/m0/s1. The summed E-state index contributed by atoms with van der Waals surface area (Å²) in [5.41, 5.74) is 12.3. The van der Waals surface area contributed by atoms with E-state index in [1.54, 1.807) is 22.4 Å². The molecule has 2 aliphatic carbocycles. The predicted molar refractivity (Wildman–Crippen MR) is 121 cm³/mol. The molecule has 3 heterocycles. The first kappa shape index (κ1) is 19.8. The van der Waals surface area contributed by atoms with Gasteiger partial charge in [0.05, 0.1) is 16.8 Å². The number of allylic oxidation sites excluding steroid dienone is 4. The Kier molecular flexibility index (Phi) is 4.79. The molecule has 0 amide bonds. The van der Waals surface area contributed by atoms with Gasteiger partial charge >= 0.3 is 0 Å². The van der Waals surface area contributed by atoms with E-state index >= 15 is 0 Å². The van der Waals surface area contributed by atoms with Crippen LogP contribution in [0.1, 0.15) is 102 Å². The topological polar surface area (TPSA) is 17.6 Å². The Hall–Kier alpha value is -2.10. The first-order chi connectivity index (χ1) is 14.4. The average molecular weight is 407 g/mol. The lowest BCUT2D eigenvalue weighted by molar-refractivity contribution is -0.857. The molecule has 4 nitrogen and oxygen atoms in total. The van der Waals surface area contributed by atoms with Crippen LogP contribution >= 0.6 is 0 Å². The van der Waals surface area contributed by atoms with Crippen LogP contribution in [0.25, 0.3) is 11.1 Å². The molecule has 0 radical (unpaired) electrons. The normalized spacial score (nSPS) is 23.1. The molecular weight excluding hydrogens is 368 g/mol. The number of hydrogen-bond acceptors (Lipinski definition) is 0. The molecule has 0 saturated carbocycles. The largest absolute Gasteiger partial charge is 0.232 e. The summed E-state index contributed by atoms with van der Waals surface area (Å²) < 4.78 is 10.3. The van der Waals surface area contributed by atoms with Crippen molar-refractivity contribution >= 4 is 11.1 Å². The molecule has 0 fully saturated rings. The van der Waals surface area contributed by atoms with Crippen LogP contribution < -0.4 is 9.36 Å². The first-order valence-corrected chi connectivity index (χ1v) is 12.0. The number of rotatable bonds is 0. The van der Waals surface area contributed by atoms with Gasteiger partial charge in [-0.25, -0.2) is 0 Å². The molecule has 30 heavy (non-hydrogen) atoms. The van der Waals surface area contributed by atoms with Crippen LogP contribution in [0.5, 0.6) is 0 Å². The van der Waals surface area contributed by atoms with Gasteiger partial charge in [-0.05, 0) is 70.4 Å². The third-order valence-electron chi connectivity index (χ3n) is 7.82. The lowest BCUT2D eigenvalue weighted by atomic mass is 9.83. The highest BCUT2D eigenvalue weighted by Crippen LogP contribution is 2.41. The summed E-state index contributed by atoms with van der Waals surface area (Å²) >= 11 is 0. The molecule has 1 aliphatic heterocycles. The minimum Gasteiger partial charge on any atom is -0.155 e. The van der Waals surface area contributed by atoms with Gasteiger partial charge in [-0.1, -0.05) is 25.0 Å². The van der Waals surface area contributed by atoms with E-state index in [4.69, 9.17) is 0 Å². The monoisotopic (exact) mass is 406 g/mol. The number of aromatic nitrogens is 4. The van der Waals surface area contributed by atoms with Crippen molar-refractivity contribution in [1.29, 1.82) is 0 Å². The molecule has 0 aromatic carbocycles. The molecule has 160 valence electrons. The molecule has 0 unspecified atom stereocenters. The van der Waals surface area contributed by atoms with Crippen LogP contribution in [-0.4, -0.2) is 9.36 Å². The fourth-order valence-corrected chi connectivity index (χ4v) is 6.10. The summed E-state index contributed by atoms with van der Waals surface area (Å²) in [5, 5.41) is 0. The van der Waals surface area contributed by atoms with Crippen LogP contribution in [0.15, 0.2) is 23.5 Å². The zero-order valence-corrected chi connectivity index (χ0v) is 19.8. The Morgan fingerprint density at radius 3 is 2.10 bits per heavy atom. The van der Waals surface area contributed by atoms with Gasteiger partial charge in [0.1, 0.15) is 18.8 Å². The molecule has 0 spiro atoms. The van der Waals surface area contributed by atoms with Crippen LogP contribution in [0.4, 0.5) is 0 Å². The molecule has 5 rings (SSSR count). The van der Waals surface area contributed by atoms with Gasteiger partial charge in [-0.3, -0.25) is 0 Å². The molecule has 0 saturated heterocycles. The fraction of sp³-hybridized carbons (Fsp3) is 0.615. The maximum atomic E-state index is 2.62. The summed E-state index contributed by atoms with van der Waals surface area (Å²) in [5.74, 6) is 1.30. The molecule has 2 atom stereocenters. The zero-order valence-electron chi connectivity index (χ0n) is 19.8. The Labute approximate surface area is 181 Å². The Balaban J connectivity index is 1.60. The lowest BCUT2D eigenvalue weighted by Gasteiger charge is -2.23. The van der Waals surface area contributed by atoms with E-state index in [-0.39, 0.29) is 0 Å². The number of nitrogens with zero attached hydrogens (tertiary/aromatic N) is 4. The summed E-state index contributed by atoms with van der Waals surface area (Å²) in [6, 6.07) is 0. The van der Waals surface area contributed by atoms with Crippen LogP contribution in [0, 0.1) is 0 Å². The number of aryl methyl sites for hydroxylation is 2. The third-order valence-corrected chi connectivity index (χ3v) is 7.82. The fourth-order valence-electron chi connectivity index (χ4n) is 6.10. The van der Waals surface area contributed by atoms with Gasteiger partial charge in [0.25, 0.3) is 0 Å². The SMILES string of the molecule is CC(C)=C1CC[C@H](C)c2c1c[n+]1n2CCn2c3c(c[n+]2CC1)[C@@H](C)CCC3=C(C)C. The van der Waals surface area contributed by atoms with Gasteiger partial charge in [-0.15, -0.1) is 9.36 Å². The van der Waals surface area contributed by atoms with E-state index in [2.05, 4.69) is 72.7 Å². The minimum absolute atomic E-state index is 0.642. The second-order valence-corrected chi connectivity index (χ2v) is 10.3. The van der Waals surface area contributed by atoms with E-state index < -0.39 is 0 Å². The van der Waals surface area contributed by atoms with Gasteiger partial charge in [0.15, 0.2) is 6.20 Å². The lowest BCUT2D eigenvalue weighted by Crippen LogP contribution is -2.56. The second kappa shape index (κ2) is 7.25. The highest BCUT2D eigenvalue weighted by molar-refractivity contribution is 5.71. The van der Waals surface area contributed by atoms with Crippen molar-refractivity contribution in [1.82, 2.24) is 9.36 Å². The quantitative estimate of drug-likeness (QED) is 0.551. The minimum atomic E-state index is 0.642. The molecule has 0 bridgehead atoms. The number of hydrogen-bond donors (Lipinski definition) is 0. The van der Waals surface area contributed by atoms with E-state index in [1.165, 1.54) is 48.1 Å². The van der Waals surface area contributed by atoms with E-state index in [0.29, 0.717) is 11.8 Å². The first-order valence-electron chi connectivity index (χ1n) is 12.0. The van der Waals surface area contributed by atoms with E-state index in [0.717, 1.165) is 26.2 Å². The molecule has 0 N–H and O–H groups in total. The van der Waals surface area contributed by atoms with Crippen LogP contribution in [-0.2, 0) is 26.2 Å². The number of fused-ring (bicyclic) bond motifs is 6. The van der Waals surface area contributed by atoms with Gasteiger partial charge in [-0.2, -0.15) is 9.36 Å². The van der Waals surface area contributed by atoms with E-state index in [1.807, 2.05) is 0 Å². The van der Waals surface area contributed by atoms with Gasteiger partial charge in [0.2, 0.25) is 19.3 Å². The van der Waals surface area contributed by atoms with Crippen molar-refractivity contribution in [3.8, 4) is 0 Å². The summed E-state index contributed by atoms with van der Waals surface area (Å²) in [7, 11) is 0. The third kappa shape index (κ3) is 2.94. The summed E-state index contributed by atoms with van der Waals surface area (Å²) in [6.45, 7) is 18.2. The second-order valence-electron chi connectivity index (χ2n) is 10.3. The molecule has 2 aromatic rings. The zero-order chi connectivity index (χ0) is 21.2. The van der Waals surface area contributed by atoms with Gasteiger partial charge in [0, 0.05) is 5.92 Å². The summed E-state index contributed by atoms with van der Waals surface area (Å²) in [4.78, 5) is 0. The predicted octanol–water partition coefficient (Wildman–Crippen LogP) is 4.96. The van der Waals surface area contributed by atoms with Crippen molar-refractivity contribution in [2.75, 3.05) is 0 Å².